The van der Waals surface area contributed by atoms with E-state index in [1.165, 1.54) is 31.4 Å². The summed E-state index contributed by atoms with van der Waals surface area (Å²) in [5.41, 5.74) is 5.62. The number of ether oxygens (including phenoxy) is 2. The zero-order chi connectivity index (χ0) is 32.0. The average molecular weight is 625 g/mol. The molecule has 6 nitrogen and oxygen atoms in total. The van der Waals surface area contributed by atoms with Gasteiger partial charge in [0, 0.05) is 29.9 Å². The van der Waals surface area contributed by atoms with Crippen molar-refractivity contribution in [2.75, 3.05) is 5.32 Å². The number of anilines is 1. The monoisotopic (exact) mass is 624 g/mol. The Balaban J connectivity index is 1.41. The lowest BCUT2D eigenvalue weighted by atomic mass is 9.94. The van der Waals surface area contributed by atoms with Crippen LogP contribution >= 0.6 is 0 Å². The molecule has 4 aromatic rings. The lowest BCUT2D eigenvalue weighted by molar-refractivity contribution is -0.237. The summed E-state index contributed by atoms with van der Waals surface area (Å²) >= 11 is 0. The minimum atomic E-state index is -0.495. The molecule has 2 aliphatic rings. The fraction of sp³-hybridized carbons (Fsp3) is 0.410. The van der Waals surface area contributed by atoms with Crippen LogP contribution < -0.4 is 5.32 Å². The van der Waals surface area contributed by atoms with Crippen LogP contribution in [0.15, 0.2) is 84.9 Å². The molecule has 1 saturated carbocycles. The van der Waals surface area contributed by atoms with Gasteiger partial charge in [-0.05, 0) is 79.1 Å². The zero-order valence-corrected chi connectivity index (χ0v) is 26.8. The third kappa shape index (κ3) is 7.43. The van der Waals surface area contributed by atoms with E-state index >= 15 is 0 Å². The first-order valence-corrected chi connectivity index (χ1v) is 16.8. The van der Waals surface area contributed by atoms with Crippen molar-refractivity contribution >= 4 is 11.6 Å². The van der Waals surface area contributed by atoms with Crippen LogP contribution in [0, 0.1) is 5.82 Å². The van der Waals surface area contributed by atoms with Crippen molar-refractivity contribution in [2.24, 2.45) is 0 Å². The van der Waals surface area contributed by atoms with Crippen LogP contribution in [-0.2, 0) is 16.0 Å². The first-order chi connectivity index (χ1) is 22.4. The molecule has 2 heterocycles. The second kappa shape index (κ2) is 14.8. The molecule has 242 valence electrons. The molecular formula is C39H45FN2O4. The van der Waals surface area contributed by atoms with Gasteiger partial charge in [0.2, 0.25) is 0 Å². The maximum Gasteiger partial charge on any atom is 0.258 e. The van der Waals surface area contributed by atoms with Crippen LogP contribution in [0.5, 0.6) is 0 Å². The molecule has 1 aromatic heterocycles. The van der Waals surface area contributed by atoms with Crippen molar-refractivity contribution in [3.05, 3.63) is 102 Å². The normalized spacial score (nSPS) is 20.6. The number of halogens is 1. The number of carbonyl (C=O) groups excluding carboxylic acids is 1. The Morgan fingerprint density at radius 2 is 1.61 bits per heavy atom. The summed E-state index contributed by atoms with van der Waals surface area (Å²) in [4.78, 5) is 14.3. The van der Waals surface area contributed by atoms with E-state index in [0.717, 1.165) is 40.9 Å². The van der Waals surface area contributed by atoms with Crippen LogP contribution in [0.4, 0.5) is 10.1 Å². The highest BCUT2D eigenvalue weighted by Gasteiger charge is 2.34. The number of hydrogen-bond acceptors (Lipinski definition) is 4. The van der Waals surface area contributed by atoms with Crippen LogP contribution in [0.2, 0.25) is 0 Å². The van der Waals surface area contributed by atoms with E-state index in [2.05, 4.69) is 23.7 Å². The molecule has 46 heavy (non-hydrogen) atoms. The fourth-order valence-corrected chi connectivity index (χ4v) is 7.12. The van der Waals surface area contributed by atoms with Crippen molar-refractivity contribution in [1.29, 1.82) is 0 Å². The summed E-state index contributed by atoms with van der Waals surface area (Å²) in [6.45, 7) is 4.75. The predicted molar refractivity (Wildman–Crippen MR) is 180 cm³/mol. The molecule has 1 saturated heterocycles. The first kappa shape index (κ1) is 32.2. The van der Waals surface area contributed by atoms with Gasteiger partial charge in [-0.15, -0.1) is 0 Å². The highest BCUT2D eigenvalue weighted by Crippen LogP contribution is 2.43. The standard InChI is InChI=1S/C39H45FN2O4/c1-26(2)37-36(39(44)41-30-14-8-4-9-15-30)35(27-12-6-3-7-13-27)38(28-18-20-29(40)21-19-28)42(37)23-22-33-24-31(43)25-34(46-33)45-32-16-10-5-11-17-32/h3-4,6-9,12-15,18-21,26,31-34,43H,5,10-11,16-17,22-25H2,1-2H3,(H,41,44)/t31-,33?,34?/m1/s1. The molecule has 1 aliphatic carbocycles. The van der Waals surface area contributed by atoms with E-state index in [9.17, 15) is 14.3 Å². The Bertz CT molecular complexity index is 1580. The SMILES string of the molecule is CC(C)c1c(C(=O)Nc2ccccc2)c(-c2ccccc2)c(-c2ccc(F)cc2)n1CCC1C[C@@H](O)CC(OC2CCCCC2)O1. The molecule has 0 spiro atoms. The fourth-order valence-electron chi connectivity index (χ4n) is 7.12. The molecule has 2 unspecified atom stereocenters. The van der Waals surface area contributed by atoms with E-state index in [4.69, 9.17) is 9.47 Å². The summed E-state index contributed by atoms with van der Waals surface area (Å²) < 4.78 is 29.3. The number of para-hydroxylation sites is 1. The molecule has 7 heteroatoms. The van der Waals surface area contributed by atoms with E-state index in [0.29, 0.717) is 37.1 Å². The van der Waals surface area contributed by atoms with Gasteiger partial charge in [0.15, 0.2) is 6.29 Å². The second-order valence-electron chi connectivity index (χ2n) is 13.0. The van der Waals surface area contributed by atoms with Gasteiger partial charge in [0.1, 0.15) is 5.82 Å². The molecule has 2 fully saturated rings. The molecule has 3 aromatic carbocycles. The number of carbonyl (C=O) groups is 1. The summed E-state index contributed by atoms with van der Waals surface area (Å²) in [5, 5.41) is 14.0. The smallest absolute Gasteiger partial charge is 0.258 e. The van der Waals surface area contributed by atoms with Crippen molar-refractivity contribution in [3.63, 3.8) is 0 Å². The first-order valence-electron chi connectivity index (χ1n) is 16.8. The maximum absolute atomic E-state index is 14.3. The van der Waals surface area contributed by atoms with Gasteiger partial charge in [-0.25, -0.2) is 4.39 Å². The molecule has 6 rings (SSSR count). The van der Waals surface area contributed by atoms with Crippen molar-refractivity contribution in [2.45, 2.75) is 102 Å². The van der Waals surface area contributed by atoms with Crippen molar-refractivity contribution in [1.82, 2.24) is 4.57 Å². The topological polar surface area (TPSA) is 72.7 Å². The van der Waals surface area contributed by atoms with Gasteiger partial charge in [-0.1, -0.05) is 81.6 Å². The highest BCUT2D eigenvalue weighted by molar-refractivity contribution is 6.12. The van der Waals surface area contributed by atoms with Crippen LogP contribution in [-0.4, -0.2) is 40.2 Å². The highest BCUT2D eigenvalue weighted by atomic mass is 19.1. The van der Waals surface area contributed by atoms with Gasteiger partial charge in [0.25, 0.3) is 5.91 Å². The molecule has 3 atom stereocenters. The number of aliphatic hydroxyl groups is 1. The molecule has 1 amide bonds. The number of aromatic nitrogens is 1. The Morgan fingerprint density at radius 3 is 2.28 bits per heavy atom. The minimum Gasteiger partial charge on any atom is -0.393 e. The lowest BCUT2D eigenvalue weighted by Gasteiger charge is -2.36. The summed E-state index contributed by atoms with van der Waals surface area (Å²) in [5.74, 6) is -0.516. The van der Waals surface area contributed by atoms with Gasteiger partial charge in [0.05, 0.1) is 29.6 Å². The Kier molecular flexibility index (Phi) is 10.3. The number of nitrogens with one attached hydrogen (secondary N) is 1. The predicted octanol–water partition coefficient (Wildman–Crippen LogP) is 8.94. The summed E-state index contributed by atoms with van der Waals surface area (Å²) in [6.07, 6.45) is 6.37. The molecule has 2 N–H and O–H groups in total. The van der Waals surface area contributed by atoms with Gasteiger partial charge >= 0.3 is 0 Å². The van der Waals surface area contributed by atoms with E-state index < -0.39 is 12.4 Å². The minimum absolute atomic E-state index is 0.00608. The largest absolute Gasteiger partial charge is 0.393 e. The number of aliphatic hydroxyl groups excluding tert-OH is 1. The Labute approximate surface area is 271 Å². The molecule has 0 bridgehead atoms. The van der Waals surface area contributed by atoms with Gasteiger partial charge in [-0.3, -0.25) is 4.79 Å². The summed E-state index contributed by atoms with van der Waals surface area (Å²) in [7, 11) is 0. The Hall–Kier alpha value is -3.78. The van der Waals surface area contributed by atoms with Gasteiger partial charge < -0.3 is 24.5 Å². The number of benzene rings is 3. The molecular weight excluding hydrogens is 579 g/mol. The van der Waals surface area contributed by atoms with Crippen LogP contribution in [0.3, 0.4) is 0 Å². The van der Waals surface area contributed by atoms with Gasteiger partial charge in [-0.2, -0.15) is 0 Å². The van der Waals surface area contributed by atoms with E-state index in [1.54, 1.807) is 12.1 Å². The average Bonchev–Trinajstić information content (AvgIpc) is 3.41. The number of amides is 1. The maximum atomic E-state index is 14.3. The molecule has 1 aliphatic heterocycles. The molecule has 0 radical (unpaired) electrons. The number of rotatable bonds is 10. The number of hydrogen-bond donors (Lipinski definition) is 2. The van der Waals surface area contributed by atoms with Crippen LogP contribution in [0.25, 0.3) is 22.4 Å². The van der Waals surface area contributed by atoms with Crippen molar-refractivity contribution in [3.8, 4) is 22.4 Å². The second-order valence-corrected chi connectivity index (χ2v) is 13.0. The lowest BCUT2D eigenvalue weighted by Crippen LogP contribution is -2.39. The van der Waals surface area contributed by atoms with Crippen LogP contribution in [0.1, 0.15) is 87.2 Å². The van der Waals surface area contributed by atoms with Crippen molar-refractivity contribution < 1.29 is 23.8 Å². The quantitative estimate of drug-likeness (QED) is 0.185. The number of nitrogens with zero attached hydrogens (tertiary/aromatic N) is 1. The third-order valence-corrected chi connectivity index (χ3v) is 9.20. The summed E-state index contributed by atoms with van der Waals surface area (Å²) in [6, 6.07) is 25.9. The zero-order valence-electron chi connectivity index (χ0n) is 26.8. The third-order valence-electron chi connectivity index (χ3n) is 9.20. The van der Waals surface area contributed by atoms with E-state index in [1.807, 2.05) is 60.7 Å². The van der Waals surface area contributed by atoms with E-state index in [-0.39, 0.29) is 29.9 Å². The Morgan fingerprint density at radius 1 is 0.935 bits per heavy atom.